The van der Waals surface area contributed by atoms with Crippen LogP contribution < -0.4 is 15.6 Å². The van der Waals surface area contributed by atoms with Gasteiger partial charge in [0.05, 0.1) is 28.6 Å². The summed E-state index contributed by atoms with van der Waals surface area (Å²) in [6.45, 7) is 0. The largest absolute Gasteiger partial charge is 0.489 e. The van der Waals surface area contributed by atoms with Crippen molar-refractivity contribution in [3.8, 4) is 5.75 Å². The molecule has 28 heavy (non-hydrogen) atoms. The van der Waals surface area contributed by atoms with Crippen molar-refractivity contribution in [2.75, 3.05) is 5.32 Å². The highest BCUT2D eigenvalue weighted by molar-refractivity contribution is 6.32. The van der Waals surface area contributed by atoms with Gasteiger partial charge in [-0.15, -0.1) is 0 Å². The number of carbonyl (C=O) groups is 1. The van der Waals surface area contributed by atoms with Crippen LogP contribution in [0.25, 0.3) is 10.8 Å². The number of carbonyl (C=O) groups excluding carboxylic acids is 1. The van der Waals surface area contributed by atoms with Gasteiger partial charge in [-0.2, -0.15) is 5.10 Å². The van der Waals surface area contributed by atoms with Gasteiger partial charge in [-0.05, 0) is 49.9 Å². The van der Waals surface area contributed by atoms with Gasteiger partial charge in [-0.25, -0.2) is 5.10 Å². The molecule has 1 amide bonds. The lowest BCUT2D eigenvalue weighted by Crippen LogP contribution is -2.18. The molecule has 1 heterocycles. The van der Waals surface area contributed by atoms with Gasteiger partial charge in [-0.1, -0.05) is 29.8 Å². The highest BCUT2D eigenvalue weighted by Crippen LogP contribution is 2.31. The number of ether oxygens (including phenoxy) is 1. The molecule has 1 aliphatic carbocycles. The number of nitrogens with one attached hydrogen (secondary N) is 2. The molecular weight excluding hydrogens is 378 g/mol. The summed E-state index contributed by atoms with van der Waals surface area (Å²) in [6.07, 6.45) is 4.73. The van der Waals surface area contributed by atoms with E-state index in [-0.39, 0.29) is 24.0 Å². The molecule has 0 bridgehead atoms. The average Bonchev–Trinajstić information content (AvgIpc) is 3.20. The normalized spacial score (nSPS) is 14.3. The van der Waals surface area contributed by atoms with Gasteiger partial charge < -0.3 is 10.1 Å². The second-order valence-corrected chi connectivity index (χ2v) is 7.35. The summed E-state index contributed by atoms with van der Waals surface area (Å²) in [5.74, 6) is 0.394. The first kappa shape index (κ1) is 18.5. The molecule has 1 aromatic heterocycles. The number of H-pyrrole nitrogens is 1. The molecule has 6 nitrogen and oxygen atoms in total. The maximum absolute atomic E-state index is 12.5. The Labute approximate surface area is 166 Å². The minimum Gasteiger partial charge on any atom is -0.489 e. The van der Waals surface area contributed by atoms with Gasteiger partial charge in [0.15, 0.2) is 0 Å². The minimum absolute atomic E-state index is 0.0369. The third-order valence-corrected chi connectivity index (χ3v) is 5.21. The van der Waals surface area contributed by atoms with Crippen molar-refractivity contribution >= 4 is 34.0 Å². The van der Waals surface area contributed by atoms with Gasteiger partial charge in [-0.3, -0.25) is 9.59 Å². The zero-order chi connectivity index (χ0) is 19.5. The van der Waals surface area contributed by atoms with Crippen molar-refractivity contribution in [1.82, 2.24) is 10.2 Å². The Bertz CT molecular complexity index is 1070. The number of rotatable bonds is 5. The summed E-state index contributed by atoms with van der Waals surface area (Å²) in [6, 6.07) is 12.3. The highest BCUT2D eigenvalue weighted by atomic mass is 35.5. The van der Waals surface area contributed by atoms with E-state index >= 15 is 0 Å². The fraction of sp³-hybridized carbons (Fsp3) is 0.286. The summed E-state index contributed by atoms with van der Waals surface area (Å²) in [5.41, 5.74) is 0.826. The van der Waals surface area contributed by atoms with Crippen LogP contribution in [0.2, 0.25) is 5.02 Å². The number of halogens is 1. The lowest BCUT2D eigenvalue weighted by atomic mass is 10.1. The lowest BCUT2D eigenvalue weighted by molar-refractivity contribution is -0.115. The van der Waals surface area contributed by atoms with Crippen LogP contribution in [0.5, 0.6) is 5.75 Å². The Morgan fingerprint density at radius 3 is 2.68 bits per heavy atom. The summed E-state index contributed by atoms with van der Waals surface area (Å²) >= 11 is 6.32. The van der Waals surface area contributed by atoms with Gasteiger partial charge in [0, 0.05) is 11.1 Å². The topological polar surface area (TPSA) is 84.1 Å². The third-order valence-electron chi connectivity index (χ3n) is 4.91. The number of hydrogen-bond donors (Lipinski definition) is 2. The maximum atomic E-state index is 12.5. The highest BCUT2D eigenvalue weighted by Gasteiger charge is 2.18. The Kier molecular flexibility index (Phi) is 5.30. The SMILES string of the molecule is O=C(Cc1n[nH]c(=O)c2ccccc12)Nc1ccc(OC2CCCC2)c(Cl)c1. The molecule has 2 N–H and O–H groups in total. The number of aromatic amines is 1. The van der Waals surface area contributed by atoms with E-state index in [0.29, 0.717) is 32.9 Å². The average molecular weight is 398 g/mol. The van der Waals surface area contributed by atoms with E-state index < -0.39 is 0 Å². The van der Waals surface area contributed by atoms with Gasteiger partial charge in [0.25, 0.3) is 5.56 Å². The van der Waals surface area contributed by atoms with E-state index in [2.05, 4.69) is 15.5 Å². The van der Waals surface area contributed by atoms with Crippen LogP contribution in [-0.4, -0.2) is 22.2 Å². The number of hydrogen-bond acceptors (Lipinski definition) is 4. The summed E-state index contributed by atoms with van der Waals surface area (Å²) in [5, 5.41) is 10.9. The fourth-order valence-corrected chi connectivity index (χ4v) is 3.75. The number of fused-ring (bicyclic) bond motifs is 1. The van der Waals surface area contributed by atoms with E-state index in [1.807, 2.05) is 6.07 Å². The molecule has 0 aliphatic heterocycles. The Hall–Kier alpha value is -2.86. The number of aromatic nitrogens is 2. The molecule has 0 unspecified atom stereocenters. The van der Waals surface area contributed by atoms with Crippen molar-refractivity contribution in [3.63, 3.8) is 0 Å². The zero-order valence-electron chi connectivity index (χ0n) is 15.2. The van der Waals surface area contributed by atoms with Crippen LogP contribution in [0.15, 0.2) is 47.3 Å². The van der Waals surface area contributed by atoms with Crippen LogP contribution in [0.1, 0.15) is 31.4 Å². The van der Waals surface area contributed by atoms with E-state index in [9.17, 15) is 9.59 Å². The Morgan fingerprint density at radius 2 is 1.93 bits per heavy atom. The number of anilines is 1. The molecule has 1 aliphatic rings. The van der Waals surface area contributed by atoms with Crippen LogP contribution in [0.3, 0.4) is 0 Å². The molecule has 3 aromatic rings. The van der Waals surface area contributed by atoms with Crippen molar-refractivity contribution < 1.29 is 9.53 Å². The predicted octanol–water partition coefficient (Wildman–Crippen LogP) is 4.08. The summed E-state index contributed by atoms with van der Waals surface area (Å²) < 4.78 is 5.93. The second-order valence-electron chi connectivity index (χ2n) is 6.94. The van der Waals surface area contributed by atoms with Gasteiger partial charge in [0.1, 0.15) is 5.75 Å². The predicted molar refractivity (Wildman–Crippen MR) is 109 cm³/mol. The fourth-order valence-electron chi connectivity index (χ4n) is 3.52. The van der Waals surface area contributed by atoms with Crippen molar-refractivity contribution in [3.05, 3.63) is 63.5 Å². The molecule has 2 aromatic carbocycles. The Balaban J connectivity index is 1.46. The molecule has 0 radical (unpaired) electrons. The molecule has 4 rings (SSSR count). The molecule has 1 saturated carbocycles. The van der Waals surface area contributed by atoms with Crippen molar-refractivity contribution in [1.29, 1.82) is 0 Å². The molecule has 0 atom stereocenters. The Morgan fingerprint density at radius 1 is 1.18 bits per heavy atom. The number of nitrogens with zero attached hydrogens (tertiary/aromatic N) is 1. The van der Waals surface area contributed by atoms with Crippen LogP contribution in [-0.2, 0) is 11.2 Å². The van der Waals surface area contributed by atoms with E-state index in [4.69, 9.17) is 16.3 Å². The molecular formula is C21H20ClN3O3. The van der Waals surface area contributed by atoms with E-state index in [1.165, 1.54) is 12.8 Å². The summed E-state index contributed by atoms with van der Waals surface area (Å²) in [4.78, 5) is 24.3. The smallest absolute Gasteiger partial charge is 0.272 e. The lowest BCUT2D eigenvalue weighted by Gasteiger charge is -2.15. The number of amides is 1. The van der Waals surface area contributed by atoms with E-state index in [0.717, 1.165) is 12.8 Å². The van der Waals surface area contributed by atoms with Gasteiger partial charge in [0.2, 0.25) is 5.91 Å². The molecule has 7 heteroatoms. The zero-order valence-corrected chi connectivity index (χ0v) is 16.0. The van der Waals surface area contributed by atoms with Crippen LogP contribution >= 0.6 is 11.6 Å². The molecule has 144 valence electrons. The quantitative estimate of drug-likeness (QED) is 0.679. The first-order chi connectivity index (χ1) is 13.6. The number of benzene rings is 2. The monoisotopic (exact) mass is 397 g/mol. The van der Waals surface area contributed by atoms with E-state index in [1.54, 1.807) is 36.4 Å². The van der Waals surface area contributed by atoms with Crippen molar-refractivity contribution in [2.45, 2.75) is 38.2 Å². The van der Waals surface area contributed by atoms with Crippen LogP contribution in [0.4, 0.5) is 5.69 Å². The summed E-state index contributed by atoms with van der Waals surface area (Å²) in [7, 11) is 0. The van der Waals surface area contributed by atoms with Crippen LogP contribution in [0, 0.1) is 0 Å². The minimum atomic E-state index is -0.274. The van der Waals surface area contributed by atoms with Crippen molar-refractivity contribution in [2.24, 2.45) is 0 Å². The molecule has 0 spiro atoms. The third kappa shape index (κ3) is 4.02. The van der Waals surface area contributed by atoms with Gasteiger partial charge >= 0.3 is 0 Å². The second kappa shape index (κ2) is 8.02. The molecule has 0 saturated heterocycles. The first-order valence-electron chi connectivity index (χ1n) is 9.32. The molecule has 1 fully saturated rings. The first-order valence-corrected chi connectivity index (χ1v) is 9.70. The maximum Gasteiger partial charge on any atom is 0.272 e. The standard InChI is InChI=1S/C21H20ClN3O3/c22-17-11-13(9-10-19(17)28-14-5-1-2-6-14)23-20(26)12-18-15-7-3-4-8-16(15)21(27)25-24-18/h3-4,7-11,14H,1-2,5-6,12H2,(H,23,26)(H,25,27).